The van der Waals surface area contributed by atoms with E-state index in [9.17, 15) is 0 Å². The zero-order chi connectivity index (χ0) is 13.7. The van der Waals surface area contributed by atoms with Crippen LogP contribution in [0.5, 0.6) is 0 Å². The van der Waals surface area contributed by atoms with E-state index in [4.69, 9.17) is 4.74 Å². The third-order valence-electron chi connectivity index (χ3n) is 5.05. The number of fused-ring (bicyclic) bond motifs is 1. The van der Waals surface area contributed by atoms with Crippen molar-refractivity contribution in [3.05, 3.63) is 0 Å². The molecule has 0 amide bonds. The number of ether oxygens (including phenoxy) is 1. The smallest absolute Gasteiger partial charge is 0.0626 e. The minimum absolute atomic E-state index is 0.0763. The number of hydrogen-bond acceptors (Lipinski definition) is 2. The lowest BCUT2D eigenvalue weighted by atomic mass is 9.84. The van der Waals surface area contributed by atoms with Crippen molar-refractivity contribution in [2.24, 2.45) is 5.92 Å². The predicted molar refractivity (Wildman–Crippen MR) is 81.5 cm³/mol. The summed E-state index contributed by atoms with van der Waals surface area (Å²) >= 11 is 0. The van der Waals surface area contributed by atoms with E-state index in [0.29, 0.717) is 0 Å². The summed E-state index contributed by atoms with van der Waals surface area (Å²) in [5.74, 6) is 0.787. The Morgan fingerprint density at radius 3 is 2.68 bits per heavy atom. The number of rotatable bonds is 6. The second-order valence-corrected chi connectivity index (χ2v) is 7.18. The summed E-state index contributed by atoms with van der Waals surface area (Å²) in [6, 6.07) is 0.824. The number of hydrogen-bond donors (Lipinski definition) is 0. The summed E-state index contributed by atoms with van der Waals surface area (Å²) in [5, 5.41) is 0. The maximum atomic E-state index is 6.29. The molecule has 0 bridgehead atoms. The topological polar surface area (TPSA) is 12.5 Å². The lowest BCUT2D eigenvalue weighted by Crippen LogP contribution is -2.49. The fourth-order valence-corrected chi connectivity index (χ4v) is 3.78. The molecule has 0 radical (unpaired) electrons. The number of unbranched alkanes of at least 4 members (excludes halogenated alkanes) is 1. The Morgan fingerprint density at radius 1 is 1.11 bits per heavy atom. The zero-order valence-electron chi connectivity index (χ0n) is 13.3. The average Bonchev–Trinajstić information content (AvgIpc) is 2.43. The minimum Gasteiger partial charge on any atom is -0.375 e. The lowest BCUT2D eigenvalue weighted by molar-refractivity contribution is -0.0699. The largest absolute Gasteiger partial charge is 0.375 e. The normalized spacial score (nSPS) is 29.2. The monoisotopic (exact) mass is 267 g/mol. The van der Waals surface area contributed by atoms with E-state index >= 15 is 0 Å². The highest BCUT2D eigenvalue weighted by Crippen LogP contribution is 2.32. The Hall–Kier alpha value is -0.0800. The van der Waals surface area contributed by atoms with Crippen molar-refractivity contribution in [1.29, 1.82) is 0 Å². The highest BCUT2D eigenvalue weighted by atomic mass is 16.5. The Balaban J connectivity index is 1.80. The zero-order valence-corrected chi connectivity index (χ0v) is 13.3. The molecule has 2 aliphatic heterocycles. The standard InChI is InChI=1S/C17H33NO/c1-4-5-11-17(2,3)19-14-15-9-8-13-18-12-7-6-10-16(15)18/h15-16H,4-14H2,1-3H3/t15-,16+/m1/s1. The predicted octanol–water partition coefficient (Wildman–Crippen LogP) is 4.24. The molecule has 2 nitrogen and oxygen atoms in total. The van der Waals surface area contributed by atoms with E-state index < -0.39 is 0 Å². The van der Waals surface area contributed by atoms with Crippen molar-refractivity contribution in [1.82, 2.24) is 4.90 Å². The summed E-state index contributed by atoms with van der Waals surface area (Å²) in [6.07, 6.45) is 10.8. The van der Waals surface area contributed by atoms with Gasteiger partial charge in [-0.1, -0.05) is 26.2 Å². The maximum Gasteiger partial charge on any atom is 0.0626 e. The fraction of sp³-hybridized carbons (Fsp3) is 1.00. The molecule has 0 aromatic carbocycles. The van der Waals surface area contributed by atoms with Gasteiger partial charge in [0.15, 0.2) is 0 Å². The van der Waals surface area contributed by atoms with Gasteiger partial charge in [0.25, 0.3) is 0 Å². The first-order valence-corrected chi connectivity index (χ1v) is 8.50. The van der Waals surface area contributed by atoms with Gasteiger partial charge in [0.05, 0.1) is 12.2 Å². The molecule has 0 aromatic heterocycles. The molecule has 0 saturated carbocycles. The number of piperidine rings is 2. The molecule has 0 aliphatic carbocycles. The van der Waals surface area contributed by atoms with Crippen molar-refractivity contribution in [3.8, 4) is 0 Å². The van der Waals surface area contributed by atoms with Gasteiger partial charge in [0.1, 0.15) is 0 Å². The van der Waals surface area contributed by atoms with Crippen LogP contribution in [-0.4, -0.2) is 36.2 Å². The molecule has 2 heterocycles. The van der Waals surface area contributed by atoms with Crippen LogP contribution in [-0.2, 0) is 4.74 Å². The van der Waals surface area contributed by atoms with Gasteiger partial charge in [-0.3, -0.25) is 0 Å². The van der Waals surface area contributed by atoms with E-state index in [2.05, 4.69) is 25.7 Å². The van der Waals surface area contributed by atoms with Crippen LogP contribution >= 0.6 is 0 Å². The first-order valence-electron chi connectivity index (χ1n) is 8.50. The Labute approximate surface area is 119 Å². The summed E-state index contributed by atoms with van der Waals surface area (Å²) < 4.78 is 6.29. The third-order valence-corrected chi connectivity index (χ3v) is 5.05. The summed E-state index contributed by atoms with van der Waals surface area (Å²) in [7, 11) is 0. The van der Waals surface area contributed by atoms with E-state index in [0.717, 1.165) is 18.6 Å². The molecule has 0 N–H and O–H groups in total. The number of nitrogens with zero attached hydrogens (tertiary/aromatic N) is 1. The second kappa shape index (κ2) is 7.08. The SMILES string of the molecule is CCCCC(C)(C)OC[C@H]1CCCN2CCCC[C@@H]12. The fourth-order valence-electron chi connectivity index (χ4n) is 3.78. The highest BCUT2D eigenvalue weighted by molar-refractivity contribution is 4.87. The van der Waals surface area contributed by atoms with Gasteiger partial charge in [0.2, 0.25) is 0 Å². The Morgan fingerprint density at radius 2 is 1.89 bits per heavy atom. The first-order chi connectivity index (χ1) is 9.12. The van der Waals surface area contributed by atoms with Crippen LogP contribution in [0.1, 0.15) is 72.1 Å². The van der Waals surface area contributed by atoms with Crippen molar-refractivity contribution >= 4 is 0 Å². The van der Waals surface area contributed by atoms with Crippen molar-refractivity contribution in [2.45, 2.75) is 83.8 Å². The van der Waals surface area contributed by atoms with Crippen LogP contribution in [0.15, 0.2) is 0 Å². The Bertz CT molecular complexity index is 262. The second-order valence-electron chi connectivity index (χ2n) is 7.18. The van der Waals surface area contributed by atoms with Crippen LogP contribution in [0.3, 0.4) is 0 Å². The van der Waals surface area contributed by atoms with Gasteiger partial charge in [-0.05, 0) is 65.0 Å². The molecule has 112 valence electrons. The van der Waals surface area contributed by atoms with Gasteiger partial charge in [0, 0.05) is 6.04 Å². The summed E-state index contributed by atoms with van der Waals surface area (Å²) in [6.45, 7) is 10.4. The molecule has 2 fully saturated rings. The van der Waals surface area contributed by atoms with Gasteiger partial charge >= 0.3 is 0 Å². The summed E-state index contributed by atoms with van der Waals surface area (Å²) in [5.41, 5.74) is 0.0763. The van der Waals surface area contributed by atoms with Gasteiger partial charge in [-0.15, -0.1) is 0 Å². The molecule has 2 heteroatoms. The van der Waals surface area contributed by atoms with Crippen LogP contribution in [0, 0.1) is 5.92 Å². The molecule has 0 unspecified atom stereocenters. The highest BCUT2D eigenvalue weighted by Gasteiger charge is 2.34. The maximum absolute atomic E-state index is 6.29. The van der Waals surface area contributed by atoms with Crippen LogP contribution in [0.25, 0.3) is 0 Å². The van der Waals surface area contributed by atoms with E-state index in [1.807, 2.05) is 0 Å². The average molecular weight is 267 g/mol. The van der Waals surface area contributed by atoms with E-state index in [-0.39, 0.29) is 5.60 Å². The molecular weight excluding hydrogens is 234 g/mol. The van der Waals surface area contributed by atoms with Crippen molar-refractivity contribution in [2.75, 3.05) is 19.7 Å². The van der Waals surface area contributed by atoms with Crippen molar-refractivity contribution in [3.63, 3.8) is 0 Å². The van der Waals surface area contributed by atoms with E-state index in [1.54, 1.807) is 0 Å². The molecule has 2 rings (SSSR count). The van der Waals surface area contributed by atoms with Crippen LogP contribution in [0.2, 0.25) is 0 Å². The lowest BCUT2D eigenvalue weighted by Gasteiger charge is -2.45. The van der Waals surface area contributed by atoms with Gasteiger partial charge in [-0.2, -0.15) is 0 Å². The molecule has 0 aromatic rings. The van der Waals surface area contributed by atoms with Gasteiger partial charge < -0.3 is 9.64 Å². The van der Waals surface area contributed by atoms with Crippen molar-refractivity contribution < 1.29 is 4.74 Å². The van der Waals surface area contributed by atoms with E-state index in [1.165, 1.54) is 64.5 Å². The molecule has 2 aliphatic rings. The summed E-state index contributed by atoms with van der Waals surface area (Å²) in [4.78, 5) is 2.74. The van der Waals surface area contributed by atoms with Crippen LogP contribution < -0.4 is 0 Å². The van der Waals surface area contributed by atoms with Gasteiger partial charge in [-0.25, -0.2) is 0 Å². The Kier molecular flexibility index (Phi) is 5.70. The molecular formula is C17H33NO. The molecule has 2 atom stereocenters. The molecule has 0 spiro atoms. The molecule has 2 saturated heterocycles. The minimum atomic E-state index is 0.0763. The third kappa shape index (κ3) is 4.46. The molecule has 19 heavy (non-hydrogen) atoms. The van der Waals surface area contributed by atoms with Crippen LogP contribution in [0.4, 0.5) is 0 Å². The quantitative estimate of drug-likeness (QED) is 0.714. The first kappa shape index (κ1) is 15.3.